The summed E-state index contributed by atoms with van der Waals surface area (Å²) in [6.07, 6.45) is 3.81. The normalized spacial score (nSPS) is 17.6. The van der Waals surface area contributed by atoms with E-state index in [2.05, 4.69) is 55.3 Å². The maximum Gasteiger partial charge on any atom is 0.195 e. The third kappa shape index (κ3) is 2.78. The van der Waals surface area contributed by atoms with Crippen LogP contribution in [-0.4, -0.2) is 17.1 Å². The third-order valence-electron chi connectivity index (χ3n) is 3.76. The van der Waals surface area contributed by atoms with Crippen LogP contribution in [0.5, 0.6) is 0 Å². The third-order valence-corrected chi connectivity index (χ3v) is 3.76. The van der Waals surface area contributed by atoms with Gasteiger partial charge in [-0.1, -0.05) is 24.3 Å². The van der Waals surface area contributed by atoms with Crippen molar-refractivity contribution in [3.63, 3.8) is 0 Å². The molecule has 3 heteroatoms. The number of nitrogens with zero attached hydrogens (tertiary/aromatic N) is 1. The van der Waals surface area contributed by atoms with Crippen molar-refractivity contribution in [2.75, 3.05) is 6.54 Å². The molecule has 1 aromatic heterocycles. The lowest BCUT2D eigenvalue weighted by Gasteiger charge is -2.27. The molecular weight excluding hydrogens is 248 g/mol. The van der Waals surface area contributed by atoms with E-state index >= 15 is 0 Å². The molecule has 0 saturated carbocycles. The summed E-state index contributed by atoms with van der Waals surface area (Å²) in [5, 5.41) is 3.45. The minimum absolute atomic E-state index is 0.141. The first-order chi connectivity index (χ1) is 9.53. The predicted molar refractivity (Wildman–Crippen MR) is 80.0 cm³/mol. The summed E-state index contributed by atoms with van der Waals surface area (Å²) in [5.41, 5.74) is 2.97. The first kappa shape index (κ1) is 13.4. The Morgan fingerprint density at radius 2 is 2.10 bits per heavy atom. The standard InChI is InChI=1S/C17H22N2O/c1-17(2,3)19-9-8-16-18-11-15(20-16)14-10-12-6-4-5-7-13(12)14/h4-7,11,14,19H,8-10H2,1-3H3. The van der Waals surface area contributed by atoms with Gasteiger partial charge in [-0.2, -0.15) is 0 Å². The van der Waals surface area contributed by atoms with E-state index in [0.29, 0.717) is 5.92 Å². The van der Waals surface area contributed by atoms with E-state index in [1.807, 2.05) is 6.20 Å². The Morgan fingerprint density at radius 3 is 2.85 bits per heavy atom. The molecule has 2 aromatic rings. The van der Waals surface area contributed by atoms with Crippen molar-refractivity contribution in [3.8, 4) is 0 Å². The van der Waals surface area contributed by atoms with Gasteiger partial charge in [-0.05, 0) is 38.3 Å². The van der Waals surface area contributed by atoms with Crippen molar-refractivity contribution in [2.24, 2.45) is 0 Å². The molecule has 0 bridgehead atoms. The Kier molecular flexibility index (Phi) is 3.38. The molecule has 1 unspecified atom stereocenters. The van der Waals surface area contributed by atoms with Crippen molar-refractivity contribution in [1.82, 2.24) is 10.3 Å². The number of fused-ring (bicyclic) bond motifs is 1. The molecule has 1 aromatic carbocycles. The molecule has 3 nitrogen and oxygen atoms in total. The first-order valence-corrected chi connectivity index (χ1v) is 7.30. The van der Waals surface area contributed by atoms with Crippen LogP contribution in [0.3, 0.4) is 0 Å². The van der Waals surface area contributed by atoms with E-state index < -0.39 is 0 Å². The van der Waals surface area contributed by atoms with Gasteiger partial charge >= 0.3 is 0 Å². The number of benzene rings is 1. The molecule has 1 aliphatic rings. The zero-order chi connectivity index (χ0) is 14.2. The summed E-state index contributed by atoms with van der Waals surface area (Å²) in [5.74, 6) is 2.25. The fourth-order valence-electron chi connectivity index (χ4n) is 2.66. The largest absolute Gasteiger partial charge is 0.445 e. The number of aromatic nitrogens is 1. The maximum absolute atomic E-state index is 5.91. The number of hydrogen-bond donors (Lipinski definition) is 1. The summed E-state index contributed by atoms with van der Waals surface area (Å²) < 4.78 is 5.91. The lowest BCUT2D eigenvalue weighted by Crippen LogP contribution is -2.37. The van der Waals surface area contributed by atoms with Gasteiger partial charge in [0.1, 0.15) is 5.76 Å². The summed E-state index contributed by atoms with van der Waals surface area (Å²) in [6, 6.07) is 8.57. The molecule has 0 radical (unpaired) electrons. The van der Waals surface area contributed by atoms with Gasteiger partial charge in [0, 0.05) is 24.4 Å². The van der Waals surface area contributed by atoms with E-state index in [1.54, 1.807) is 0 Å². The molecule has 0 saturated heterocycles. The summed E-state index contributed by atoms with van der Waals surface area (Å²) >= 11 is 0. The summed E-state index contributed by atoms with van der Waals surface area (Å²) in [6.45, 7) is 7.39. The van der Waals surface area contributed by atoms with Crippen molar-refractivity contribution < 1.29 is 4.42 Å². The Balaban J connectivity index is 1.61. The molecule has 106 valence electrons. The number of rotatable bonds is 4. The molecule has 1 heterocycles. The predicted octanol–water partition coefficient (Wildman–Crippen LogP) is 3.29. The van der Waals surface area contributed by atoms with E-state index in [9.17, 15) is 0 Å². The van der Waals surface area contributed by atoms with Gasteiger partial charge in [0.2, 0.25) is 0 Å². The van der Waals surface area contributed by atoms with Gasteiger partial charge in [0.25, 0.3) is 0 Å². The second kappa shape index (κ2) is 5.06. The smallest absolute Gasteiger partial charge is 0.195 e. The quantitative estimate of drug-likeness (QED) is 0.926. The number of hydrogen-bond acceptors (Lipinski definition) is 3. The summed E-state index contributed by atoms with van der Waals surface area (Å²) in [4.78, 5) is 4.40. The van der Waals surface area contributed by atoms with Crippen LogP contribution >= 0.6 is 0 Å². The molecule has 0 spiro atoms. The molecule has 20 heavy (non-hydrogen) atoms. The Bertz CT molecular complexity index is 595. The van der Waals surface area contributed by atoms with E-state index in [4.69, 9.17) is 4.42 Å². The van der Waals surface area contributed by atoms with Crippen LogP contribution in [0.1, 0.15) is 49.5 Å². The van der Waals surface area contributed by atoms with Crippen LogP contribution in [0.15, 0.2) is 34.9 Å². The van der Waals surface area contributed by atoms with Gasteiger partial charge in [-0.15, -0.1) is 0 Å². The highest BCUT2D eigenvalue weighted by Crippen LogP contribution is 2.39. The molecular formula is C17H22N2O. The minimum Gasteiger partial charge on any atom is -0.445 e. The molecule has 1 N–H and O–H groups in total. The molecule has 1 atom stereocenters. The van der Waals surface area contributed by atoms with Crippen LogP contribution in [0.25, 0.3) is 0 Å². The summed E-state index contributed by atoms with van der Waals surface area (Å²) in [7, 11) is 0. The molecule has 0 aliphatic heterocycles. The minimum atomic E-state index is 0.141. The van der Waals surface area contributed by atoms with Crippen molar-refractivity contribution in [3.05, 3.63) is 53.2 Å². The van der Waals surface area contributed by atoms with Crippen LogP contribution < -0.4 is 5.32 Å². The fourth-order valence-corrected chi connectivity index (χ4v) is 2.66. The lowest BCUT2D eigenvalue weighted by molar-refractivity contribution is 0.393. The maximum atomic E-state index is 5.91. The first-order valence-electron chi connectivity index (χ1n) is 7.30. The van der Waals surface area contributed by atoms with Crippen molar-refractivity contribution >= 4 is 0 Å². The molecule has 3 rings (SSSR count). The van der Waals surface area contributed by atoms with Crippen molar-refractivity contribution in [1.29, 1.82) is 0 Å². The Labute approximate surface area is 120 Å². The van der Waals surface area contributed by atoms with E-state index in [1.165, 1.54) is 11.1 Å². The molecule has 0 fully saturated rings. The van der Waals surface area contributed by atoms with Crippen LogP contribution in [0.4, 0.5) is 0 Å². The molecule has 0 amide bonds. The molecule has 1 aliphatic carbocycles. The zero-order valence-corrected chi connectivity index (χ0v) is 12.4. The highest BCUT2D eigenvalue weighted by Gasteiger charge is 2.29. The van der Waals surface area contributed by atoms with Crippen LogP contribution in [0, 0.1) is 0 Å². The Hall–Kier alpha value is -1.61. The number of nitrogens with one attached hydrogen (secondary N) is 1. The van der Waals surface area contributed by atoms with Gasteiger partial charge in [0.05, 0.1) is 6.20 Å². The van der Waals surface area contributed by atoms with Gasteiger partial charge in [0.15, 0.2) is 5.89 Å². The Morgan fingerprint density at radius 1 is 1.30 bits per heavy atom. The fraction of sp³-hybridized carbons (Fsp3) is 0.471. The van der Waals surface area contributed by atoms with Crippen LogP contribution in [0.2, 0.25) is 0 Å². The van der Waals surface area contributed by atoms with Gasteiger partial charge in [-0.3, -0.25) is 0 Å². The van der Waals surface area contributed by atoms with E-state index in [-0.39, 0.29) is 5.54 Å². The second-order valence-corrected chi connectivity index (χ2v) is 6.54. The average Bonchev–Trinajstić information content (AvgIpc) is 2.78. The van der Waals surface area contributed by atoms with Gasteiger partial charge in [-0.25, -0.2) is 4.98 Å². The second-order valence-electron chi connectivity index (χ2n) is 6.54. The highest BCUT2D eigenvalue weighted by atomic mass is 16.4. The monoisotopic (exact) mass is 270 g/mol. The zero-order valence-electron chi connectivity index (χ0n) is 12.4. The lowest BCUT2D eigenvalue weighted by atomic mass is 9.76. The highest BCUT2D eigenvalue weighted by molar-refractivity contribution is 5.44. The van der Waals surface area contributed by atoms with Crippen LogP contribution in [-0.2, 0) is 12.8 Å². The number of oxazole rings is 1. The van der Waals surface area contributed by atoms with Crippen molar-refractivity contribution in [2.45, 2.75) is 45.1 Å². The SMILES string of the molecule is CC(C)(C)NCCc1ncc(C2Cc3ccccc32)o1. The average molecular weight is 270 g/mol. The topological polar surface area (TPSA) is 38.1 Å². The van der Waals surface area contributed by atoms with E-state index in [0.717, 1.165) is 31.0 Å². The van der Waals surface area contributed by atoms with Gasteiger partial charge < -0.3 is 9.73 Å².